The van der Waals surface area contributed by atoms with E-state index in [1.807, 2.05) is 0 Å². The zero-order valence-corrected chi connectivity index (χ0v) is 18.0. The molecule has 0 aromatic heterocycles. The molecular weight excluding hydrogens is 503 g/mol. The number of rotatable bonds is 5. The number of ether oxygens (including phenoxy) is 1. The molecule has 1 aliphatic rings. The fourth-order valence-corrected chi connectivity index (χ4v) is 3.87. The van der Waals surface area contributed by atoms with Crippen LogP contribution < -0.4 is 15.0 Å². The maximum Gasteiger partial charge on any atom is 0.341 e. The summed E-state index contributed by atoms with van der Waals surface area (Å²) in [6.07, 6.45) is 1.25. The number of thiocarbonyl (C=S) groups is 1. The number of amides is 2. The summed E-state index contributed by atoms with van der Waals surface area (Å²) in [6.45, 7) is -0.602. The number of nitrogens with zero attached hydrogens (tertiary/aromatic N) is 1. The van der Waals surface area contributed by atoms with Crippen LogP contribution in [0.3, 0.4) is 0 Å². The Labute approximate surface area is 188 Å². The first-order valence-electron chi connectivity index (χ1n) is 8.18. The highest BCUT2D eigenvalue weighted by Gasteiger charge is 2.35. The quantitative estimate of drug-likeness (QED) is 0.361. The Morgan fingerprint density at radius 2 is 2.03 bits per heavy atom. The van der Waals surface area contributed by atoms with E-state index in [4.69, 9.17) is 33.7 Å². The van der Waals surface area contributed by atoms with Crippen molar-refractivity contribution in [3.63, 3.8) is 0 Å². The molecule has 3 rings (SSSR count). The minimum atomic E-state index is -1.18. The third-order valence-corrected chi connectivity index (χ3v) is 5.02. The smallest absolute Gasteiger partial charge is 0.341 e. The van der Waals surface area contributed by atoms with Gasteiger partial charge in [-0.05, 0) is 64.1 Å². The number of carbonyl (C=O) groups is 3. The molecule has 0 atom stereocenters. The second kappa shape index (κ2) is 8.90. The zero-order chi connectivity index (χ0) is 22.0. The van der Waals surface area contributed by atoms with Gasteiger partial charge in [0.1, 0.15) is 11.4 Å². The Kier molecular flexibility index (Phi) is 6.49. The number of para-hydroxylation sites is 1. The van der Waals surface area contributed by atoms with Crippen molar-refractivity contribution in [1.29, 1.82) is 0 Å². The number of carbonyl (C=O) groups excluding carboxylic acids is 2. The van der Waals surface area contributed by atoms with Gasteiger partial charge in [-0.3, -0.25) is 14.9 Å². The minimum Gasteiger partial charge on any atom is -0.479 e. The first kappa shape index (κ1) is 21.9. The van der Waals surface area contributed by atoms with Gasteiger partial charge in [0.15, 0.2) is 17.5 Å². The number of carboxylic acids is 1. The highest BCUT2D eigenvalue weighted by Crippen LogP contribution is 2.35. The fourth-order valence-electron chi connectivity index (χ4n) is 2.61. The molecular formula is C19H11BrClFN2O5S. The molecule has 11 heteroatoms. The van der Waals surface area contributed by atoms with Gasteiger partial charge in [0, 0.05) is 0 Å². The molecule has 0 radical (unpaired) electrons. The van der Waals surface area contributed by atoms with E-state index in [2.05, 4.69) is 21.2 Å². The van der Waals surface area contributed by atoms with E-state index in [-0.39, 0.29) is 27.1 Å². The summed E-state index contributed by atoms with van der Waals surface area (Å²) in [5.74, 6) is -3.34. The number of benzene rings is 2. The Morgan fingerprint density at radius 1 is 1.33 bits per heavy atom. The minimum absolute atomic E-state index is 0.0580. The van der Waals surface area contributed by atoms with Crippen LogP contribution in [0.15, 0.2) is 46.4 Å². The van der Waals surface area contributed by atoms with Crippen molar-refractivity contribution in [2.75, 3.05) is 11.5 Å². The first-order valence-corrected chi connectivity index (χ1v) is 9.76. The topological polar surface area (TPSA) is 95.9 Å². The Balaban J connectivity index is 1.99. The summed E-state index contributed by atoms with van der Waals surface area (Å²) in [5, 5.41) is 10.9. The number of hydrogen-bond acceptors (Lipinski definition) is 5. The van der Waals surface area contributed by atoms with Gasteiger partial charge in [-0.1, -0.05) is 23.7 Å². The van der Waals surface area contributed by atoms with Gasteiger partial charge in [-0.25, -0.2) is 14.1 Å². The molecule has 0 spiro atoms. The Bertz CT molecular complexity index is 1100. The lowest BCUT2D eigenvalue weighted by atomic mass is 10.1. The molecule has 1 fully saturated rings. The highest BCUT2D eigenvalue weighted by atomic mass is 79.9. The predicted molar refractivity (Wildman–Crippen MR) is 115 cm³/mol. The van der Waals surface area contributed by atoms with Gasteiger partial charge >= 0.3 is 5.97 Å². The van der Waals surface area contributed by atoms with Crippen molar-refractivity contribution >= 4 is 74.4 Å². The van der Waals surface area contributed by atoms with Crippen LogP contribution in [0.5, 0.6) is 5.75 Å². The van der Waals surface area contributed by atoms with Gasteiger partial charge in [0.2, 0.25) is 0 Å². The van der Waals surface area contributed by atoms with Crippen LogP contribution >= 0.6 is 39.7 Å². The van der Waals surface area contributed by atoms with Crippen LogP contribution in [0.4, 0.5) is 10.1 Å². The monoisotopic (exact) mass is 512 g/mol. The van der Waals surface area contributed by atoms with E-state index in [9.17, 15) is 18.8 Å². The van der Waals surface area contributed by atoms with Crippen LogP contribution in [0.1, 0.15) is 5.56 Å². The zero-order valence-electron chi connectivity index (χ0n) is 14.8. The number of hydrogen-bond donors (Lipinski definition) is 2. The normalized spacial score (nSPS) is 15.4. The van der Waals surface area contributed by atoms with E-state index in [0.29, 0.717) is 10.0 Å². The maximum absolute atomic E-state index is 14.2. The second-order valence-corrected chi connectivity index (χ2v) is 7.55. The standard InChI is InChI=1S/C19H11BrClFN2O5S/c20-11-6-9(7-12(21)16(11)29-8-15(25)26)5-10-17(27)23-19(30)24(18(10)28)14-4-2-1-3-13(14)22/h1-7H,8H2,(H,25,26)(H,23,27,30)/b10-5+. The van der Waals surface area contributed by atoms with E-state index >= 15 is 0 Å². The van der Waals surface area contributed by atoms with Crippen molar-refractivity contribution in [1.82, 2.24) is 5.32 Å². The molecule has 2 aromatic rings. The number of nitrogens with one attached hydrogen (secondary N) is 1. The molecule has 1 aliphatic heterocycles. The molecule has 0 bridgehead atoms. The van der Waals surface area contributed by atoms with E-state index in [1.54, 1.807) is 0 Å². The maximum atomic E-state index is 14.2. The Hall–Kier alpha value is -2.82. The number of anilines is 1. The molecule has 0 saturated carbocycles. The molecule has 1 saturated heterocycles. The highest BCUT2D eigenvalue weighted by molar-refractivity contribution is 9.10. The van der Waals surface area contributed by atoms with E-state index < -0.39 is 30.2 Å². The molecule has 2 N–H and O–H groups in total. The van der Waals surface area contributed by atoms with Crippen LogP contribution in [0.25, 0.3) is 6.08 Å². The number of halogens is 3. The lowest BCUT2D eigenvalue weighted by molar-refractivity contribution is -0.139. The third kappa shape index (κ3) is 4.50. The summed E-state index contributed by atoms with van der Waals surface area (Å²) in [7, 11) is 0. The SMILES string of the molecule is O=C(O)COc1c(Cl)cc(/C=C2\C(=O)NC(=S)N(c3ccccc3F)C2=O)cc1Br. The summed E-state index contributed by atoms with van der Waals surface area (Å²) in [5.41, 5.74) is -0.0570. The van der Waals surface area contributed by atoms with Crippen LogP contribution in [-0.4, -0.2) is 34.6 Å². The molecule has 0 aliphatic carbocycles. The third-order valence-electron chi connectivity index (χ3n) is 3.87. The number of carboxylic acid groups (broad SMARTS) is 1. The van der Waals surface area contributed by atoms with Crippen molar-refractivity contribution in [2.45, 2.75) is 0 Å². The largest absolute Gasteiger partial charge is 0.479 e. The lowest BCUT2D eigenvalue weighted by Crippen LogP contribution is -2.54. The van der Waals surface area contributed by atoms with Crippen molar-refractivity contribution in [3.8, 4) is 5.75 Å². The average Bonchev–Trinajstić information content (AvgIpc) is 2.65. The molecule has 2 amide bonds. The first-order chi connectivity index (χ1) is 14.2. The summed E-state index contributed by atoms with van der Waals surface area (Å²) >= 11 is 14.4. The van der Waals surface area contributed by atoms with Gasteiger partial charge in [0.25, 0.3) is 11.8 Å². The summed E-state index contributed by atoms with van der Waals surface area (Å²) < 4.78 is 19.6. The van der Waals surface area contributed by atoms with Gasteiger partial charge < -0.3 is 9.84 Å². The van der Waals surface area contributed by atoms with Crippen LogP contribution in [0, 0.1) is 5.82 Å². The van der Waals surface area contributed by atoms with Gasteiger partial charge in [-0.2, -0.15) is 0 Å². The van der Waals surface area contributed by atoms with Crippen molar-refractivity contribution in [3.05, 3.63) is 62.8 Å². The lowest BCUT2D eigenvalue weighted by Gasteiger charge is -2.29. The Morgan fingerprint density at radius 3 is 2.67 bits per heavy atom. The fraction of sp³-hybridized carbons (Fsp3) is 0.0526. The second-order valence-electron chi connectivity index (χ2n) is 5.91. The van der Waals surface area contributed by atoms with Crippen LogP contribution in [-0.2, 0) is 14.4 Å². The molecule has 0 unspecified atom stereocenters. The summed E-state index contributed by atoms with van der Waals surface area (Å²) in [4.78, 5) is 36.8. The van der Waals surface area contributed by atoms with Crippen LogP contribution in [0.2, 0.25) is 5.02 Å². The molecule has 2 aromatic carbocycles. The molecule has 7 nitrogen and oxygen atoms in total. The predicted octanol–water partition coefficient (Wildman–Crippen LogP) is 3.54. The molecule has 1 heterocycles. The average molecular weight is 514 g/mol. The van der Waals surface area contributed by atoms with Crippen molar-refractivity contribution < 1.29 is 28.6 Å². The molecule has 154 valence electrons. The van der Waals surface area contributed by atoms with E-state index in [1.165, 1.54) is 36.4 Å². The van der Waals surface area contributed by atoms with E-state index in [0.717, 1.165) is 11.0 Å². The summed E-state index contributed by atoms with van der Waals surface area (Å²) in [6, 6.07) is 8.38. The van der Waals surface area contributed by atoms with Gasteiger partial charge in [-0.15, -0.1) is 0 Å². The van der Waals surface area contributed by atoms with Crippen molar-refractivity contribution in [2.24, 2.45) is 0 Å². The number of aliphatic carboxylic acids is 1. The molecule has 30 heavy (non-hydrogen) atoms. The van der Waals surface area contributed by atoms with Gasteiger partial charge in [0.05, 0.1) is 15.2 Å².